The average molecular weight is 404 g/mol. The smallest absolute Gasteiger partial charge is 0.340 e. The van der Waals surface area contributed by atoms with Gasteiger partial charge in [0.1, 0.15) is 12.4 Å². The van der Waals surface area contributed by atoms with Crippen LogP contribution in [0.2, 0.25) is 0 Å². The molecule has 0 spiro atoms. The van der Waals surface area contributed by atoms with Crippen molar-refractivity contribution in [2.75, 3.05) is 19.5 Å². The first kappa shape index (κ1) is 20.2. The summed E-state index contributed by atoms with van der Waals surface area (Å²) in [7, 11) is -3.16. The number of sulfone groups is 1. The maximum Gasteiger partial charge on any atom is 0.340 e. The molecule has 28 heavy (non-hydrogen) atoms. The average Bonchev–Trinajstić information content (AvgIpc) is 2.99. The molecule has 0 aliphatic rings. The van der Waals surface area contributed by atoms with Crippen LogP contribution < -0.4 is 4.74 Å². The van der Waals surface area contributed by atoms with Crippen molar-refractivity contribution in [1.29, 1.82) is 0 Å². The van der Waals surface area contributed by atoms with E-state index >= 15 is 0 Å². The van der Waals surface area contributed by atoms with E-state index in [1.54, 1.807) is 13.0 Å². The SMILES string of the molecule is CCCCOC(=O)c1c2ccc(OCC(C)S(C)(=O)=O)cc2n2ccccc12. The summed E-state index contributed by atoms with van der Waals surface area (Å²) in [5.41, 5.74) is 2.10. The first-order chi connectivity index (χ1) is 13.3. The lowest BCUT2D eigenvalue weighted by atomic mass is 10.1. The summed E-state index contributed by atoms with van der Waals surface area (Å²) >= 11 is 0. The fraction of sp³-hybridized carbons (Fsp3) is 0.381. The molecule has 2 aromatic heterocycles. The molecule has 0 bridgehead atoms. The Bertz CT molecular complexity index is 1100. The molecular weight excluding hydrogens is 378 g/mol. The molecule has 1 atom stereocenters. The van der Waals surface area contributed by atoms with Crippen LogP contribution in [0, 0.1) is 0 Å². The van der Waals surface area contributed by atoms with Crippen LogP contribution in [0.5, 0.6) is 5.75 Å². The molecular formula is C21H25NO5S. The van der Waals surface area contributed by atoms with E-state index in [0.29, 0.717) is 17.9 Å². The summed E-state index contributed by atoms with van der Waals surface area (Å²) in [4.78, 5) is 12.7. The molecule has 3 aromatic rings. The zero-order valence-corrected chi connectivity index (χ0v) is 17.2. The van der Waals surface area contributed by atoms with Crippen molar-refractivity contribution < 1.29 is 22.7 Å². The third-order valence-corrected chi connectivity index (χ3v) is 6.36. The Morgan fingerprint density at radius 3 is 2.68 bits per heavy atom. The number of hydrogen-bond donors (Lipinski definition) is 0. The number of aromatic nitrogens is 1. The Balaban J connectivity index is 1.97. The number of nitrogens with zero attached hydrogens (tertiary/aromatic N) is 1. The minimum atomic E-state index is -3.16. The molecule has 0 N–H and O–H groups in total. The van der Waals surface area contributed by atoms with Gasteiger partial charge in [0, 0.05) is 23.9 Å². The van der Waals surface area contributed by atoms with Gasteiger partial charge in [0.05, 0.1) is 28.5 Å². The summed E-state index contributed by atoms with van der Waals surface area (Å²) in [6, 6.07) is 11.0. The third kappa shape index (κ3) is 4.14. The lowest BCUT2D eigenvalue weighted by Gasteiger charge is -2.11. The van der Waals surface area contributed by atoms with Crippen molar-refractivity contribution in [2.45, 2.75) is 31.9 Å². The summed E-state index contributed by atoms with van der Waals surface area (Å²) in [6.07, 6.45) is 4.85. The van der Waals surface area contributed by atoms with E-state index in [1.165, 1.54) is 6.26 Å². The number of carbonyl (C=O) groups is 1. The molecule has 0 fully saturated rings. The molecule has 0 aliphatic carbocycles. The topological polar surface area (TPSA) is 74.1 Å². The number of esters is 1. The highest BCUT2D eigenvalue weighted by atomic mass is 32.2. The number of rotatable bonds is 8. The minimum Gasteiger partial charge on any atom is -0.492 e. The van der Waals surface area contributed by atoms with Crippen molar-refractivity contribution in [1.82, 2.24) is 4.40 Å². The molecule has 2 heterocycles. The van der Waals surface area contributed by atoms with Gasteiger partial charge in [0.25, 0.3) is 0 Å². The van der Waals surface area contributed by atoms with E-state index in [2.05, 4.69) is 0 Å². The second kappa shape index (κ2) is 8.22. The van der Waals surface area contributed by atoms with Gasteiger partial charge in [-0.05, 0) is 37.6 Å². The lowest BCUT2D eigenvalue weighted by Crippen LogP contribution is -2.23. The molecule has 0 radical (unpaired) electrons. The van der Waals surface area contributed by atoms with Crippen LogP contribution in [0.3, 0.4) is 0 Å². The highest BCUT2D eigenvalue weighted by Gasteiger charge is 2.20. The molecule has 1 aromatic carbocycles. The van der Waals surface area contributed by atoms with Gasteiger partial charge in [0.15, 0.2) is 9.84 Å². The largest absolute Gasteiger partial charge is 0.492 e. The fourth-order valence-electron chi connectivity index (χ4n) is 2.94. The van der Waals surface area contributed by atoms with Crippen molar-refractivity contribution in [2.24, 2.45) is 0 Å². The monoisotopic (exact) mass is 403 g/mol. The lowest BCUT2D eigenvalue weighted by molar-refractivity contribution is 0.0504. The Morgan fingerprint density at radius 2 is 1.96 bits per heavy atom. The molecule has 0 aliphatic heterocycles. The second-order valence-electron chi connectivity index (χ2n) is 6.95. The van der Waals surface area contributed by atoms with E-state index in [0.717, 1.165) is 29.3 Å². The predicted molar refractivity (Wildman–Crippen MR) is 110 cm³/mol. The van der Waals surface area contributed by atoms with Gasteiger partial charge in [-0.1, -0.05) is 19.4 Å². The number of carbonyl (C=O) groups excluding carboxylic acids is 1. The Kier molecular flexibility index (Phi) is 5.93. The highest BCUT2D eigenvalue weighted by Crippen LogP contribution is 2.30. The number of hydrogen-bond acceptors (Lipinski definition) is 5. The summed E-state index contributed by atoms with van der Waals surface area (Å²) in [5.74, 6) is 0.212. The molecule has 1 unspecified atom stereocenters. The van der Waals surface area contributed by atoms with Crippen LogP contribution in [0.15, 0.2) is 42.6 Å². The number of benzene rings is 1. The van der Waals surface area contributed by atoms with Crippen molar-refractivity contribution >= 4 is 32.2 Å². The Labute approximate surface area is 165 Å². The Morgan fingerprint density at radius 1 is 1.18 bits per heavy atom. The number of ether oxygens (including phenoxy) is 2. The maximum atomic E-state index is 12.7. The van der Waals surface area contributed by atoms with Crippen LogP contribution in [0.1, 0.15) is 37.0 Å². The highest BCUT2D eigenvalue weighted by molar-refractivity contribution is 7.91. The number of unbranched alkanes of at least 4 members (excludes halogenated alkanes) is 1. The zero-order chi connectivity index (χ0) is 20.3. The number of pyridine rings is 1. The molecule has 0 saturated heterocycles. The van der Waals surface area contributed by atoms with E-state index < -0.39 is 15.1 Å². The normalized spacial score (nSPS) is 13.0. The van der Waals surface area contributed by atoms with Gasteiger partial charge in [-0.3, -0.25) is 0 Å². The van der Waals surface area contributed by atoms with Crippen molar-refractivity contribution in [3.8, 4) is 5.75 Å². The summed E-state index contributed by atoms with van der Waals surface area (Å²) < 4.78 is 36.2. The van der Waals surface area contributed by atoms with E-state index in [4.69, 9.17) is 9.47 Å². The second-order valence-corrected chi connectivity index (χ2v) is 9.41. The van der Waals surface area contributed by atoms with Crippen LogP contribution in [-0.2, 0) is 14.6 Å². The zero-order valence-electron chi connectivity index (χ0n) is 16.3. The first-order valence-electron chi connectivity index (χ1n) is 9.34. The maximum absolute atomic E-state index is 12.7. The Hall–Kier alpha value is -2.54. The number of fused-ring (bicyclic) bond motifs is 3. The molecule has 7 heteroatoms. The molecule has 0 saturated carbocycles. The van der Waals surface area contributed by atoms with E-state index in [9.17, 15) is 13.2 Å². The van der Waals surface area contributed by atoms with Crippen LogP contribution >= 0.6 is 0 Å². The van der Waals surface area contributed by atoms with E-state index in [1.807, 2.05) is 47.9 Å². The van der Waals surface area contributed by atoms with Gasteiger partial charge >= 0.3 is 5.97 Å². The van der Waals surface area contributed by atoms with Crippen LogP contribution in [0.4, 0.5) is 0 Å². The molecule has 6 nitrogen and oxygen atoms in total. The van der Waals surface area contributed by atoms with Gasteiger partial charge < -0.3 is 13.9 Å². The quantitative estimate of drug-likeness (QED) is 0.422. The van der Waals surface area contributed by atoms with Crippen LogP contribution in [0.25, 0.3) is 16.4 Å². The van der Waals surface area contributed by atoms with Gasteiger partial charge in [-0.25, -0.2) is 13.2 Å². The van der Waals surface area contributed by atoms with Gasteiger partial charge in [-0.15, -0.1) is 0 Å². The van der Waals surface area contributed by atoms with Crippen molar-refractivity contribution in [3.05, 3.63) is 48.2 Å². The standard InChI is InChI=1S/C21H25NO5S/c1-4-5-12-26-21(23)20-17-10-9-16(27-14-15(2)28(3,24)25)13-19(17)22-11-7-6-8-18(20)22/h6-11,13,15H,4-5,12,14H2,1-3H3. The van der Waals surface area contributed by atoms with Gasteiger partial charge in [0.2, 0.25) is 0 Å². The summed E-state index contributed by atoms with van der Waals surface area (Å²) in [6.45, 7) is 4.12. The van der Waals surface area contributed by atoms with Crippen LogP contribution in [-0.4, -0.2) is 43.5 Å². The third-order valence-electron chi connectivity index (χ3n) is 4.76. The first-order valence-corrected chi connectivity index (χ1v) is 11.3. The minimum absolute atomic E-state index is 0.0690. The van der Waals surface area contributed by atoms with E-state index in [-0.39, 0.29) is 12.6 Å². The fourth-order valence-corrected chi connectivity index (χ4v) is 3.26. The summed E-state index contributed by atoms with van der Waals surface area (Å²) in [5, 5.41) is 0.174. The van der Waals surface area contributed by atoms with Gasteiger partial charge in [-0.2, -0.15) is 0 Å². The molecule has 150 valence electrons. The van der Waals surface area contributed by atoms with Crippen molar-refractivity contribution in [3.63, 3.8) is 0 Å². The molecule has 0 amide bonds. The predicted octanol–water partition coefficient (Wildman–Crippen LogP) is 3.86. The molecule has 3 rings (SSSR count).